The molecule has 1 aliphatic rings. The second-order valence-electron chi connectivity index (χ2n) is 6.33. The SMILES string of the molecule is CS(=O)(=O)Nc1ccccc1C(=O)OCC(=O)N1CCc2ccccc2C1. The lowest BCUT2D eigenvalue weighted by Gasteiger charge is -2.28. The first-order valence-corrected chi connectivity index (χ1v) is 10.3. The zero-order valence-corrected chi connectivity index (χ0v) is 15.7. The van der Waals surface area contributed by atoms with Crippen LogP contribution >= 0.6 is 0 Å². The molecular formula is C19H20N2O5S. The van der Waals surface area contributed by atoms with Gasteiger partial charge in [-0.25, -0.2) is 13.2 Å². The monoisotopic (exact) mass is 388 g/mol. The van der Waals surface area contributed by atoms with E-state index < -0.39 is 22.6 Å². The van der Waals surface area contributed by atoms with Crippen LogP contribution in [-0.4, -0.2) is 44.6 Å². The van der Waals surface area contributed by atoms with Gasteiger partial charge in [0.1, 0.15) is 0 Å². The molecular weight excluding hydrogens is 368 g/mol. The molecule has 0 unspecified atom stereocenters. The number of hydrogen-bond donors (Lipinski definition) is 1. The predicted octanol–water partition coefficient (Wildman–Crippen LogP) is 1.80. The van der Waals surface area contributed by atoms with Gasteiger partial charge in [-0.2, -0.15) is 0 Å². The number of sulfonamides is 1. The van der Waals surface area contributed by atoms with Gasteiger partial charge in [0, 0.05) is 13.1 Å². The van der Waals surface area contributed by atoms with Crippen molar-refractivity contribution in [3.05, 3.63) is 65.2 Å². The van der Waals surface area contributed by atoms with Crippen molar-refractivity contribution in [3.8, 4) is 0 Å². The number of esters is 1. The summed E-state index contributed by atoms with van der Waals surface area (Å²) in [4.78, 5) is 26.4. The third-order valence-corrected chi connectivity index (χ3v) is 4.84. The molecule has 0 saturated carbocycles. The third kappa shape index (κ3) is 4.85. The van der Waals surface area contributed by atoms with Crippen LogP contribution in [0.5, 0.6) is 0 Å². The summed E-state index contributed by atoms with van der Waals surface area (Å²) in [6, 6.07) is 14.0. The Bertz CT molecular complexity index is 972. The summed E-state index contributed by atoms with van der Waals surface area (Å²) in [6.45, 7) is 0.659. The van der Waals surface area contributed by atoms with E-state index in [9.17, 15) is 18.0 Å². The van der Waals surface area contributed by atoms with Gasteiger partial charge in [0.25, 0.3) is 5.91 Å². The number of fused-ring (bicyclic) bond motifs is 1. The number of amides is 1. The number of rotatable bonds is 5. The van der Waals surface area contributed by atoms with Gasteiger partial charge >= 0.3 is 5.97 Å². The first kappa shape index (κ1) is 18.9. The number of ether oxygens (including phenoxy) is 1. The molecule has 3 rings (SSSR count). The van der Waals surface area contributed by atoms with Crippen molar-refractivity contribution in [3.63, 3.8) is 0 Å². The zero-order valence-electron chi connectivity index (χ0n) is 14.8. The standard InChI is InChI=1S/C19H20N2O5S/c1-27(24,25)20-17-9-5-4-8-16(17)19(23)26-13-18(22)21-11-10-14-6-2-3-7-15(14)12-21/h2-9,20H,10-13H2,1H3. The largest absolute Gasteiger partial charge is 0.452 e. The summed E-state index contributed by atoms with van der Waals surface area (Å²) >= 11 is 0. The lowest BCUT2D eigenvalue weighted by Crippen LogP contribution is -2.38. The van der Waals surface area contributed by atoms with Crippen LogP contribution in [0.4, 0.5) is 5.69 Å². The molecule has 0 fully saturated rings. The number of para-hydroxylation sites is 1. The Morgan fingerprint density at radius 3 is 2.48 bits per heavy atom. The highest BCUT2D eigenvalue weighted by molar-refractivity contribution is 7.92. The van der Waals surface area contributed by atoms with Crippen LogP contribution in [0.15, 0.2) is 48.5 Å². The topological polar surface area (TPSA) is 92.8 Å². The number of nitrogens with zero attached hydrogens (tertiary/aromatic N) is 1. The Morgan fingerprint density at radius 1 is 1.07 bits per heavy atom. The van der Waals surface area contributed by atoms with E-state index in [-0.39, 0.29) is 17.2 Å². The predicted molar refractivity (Wildman–Crippen MR) is 101 cm³/mol. The minimum absolute atomic E-state index is 0.0553. The number of carbonyl (C=O) groups is 2. The first-order valence-electron chi connectivity index (χ1n) is 8.42. The van der Waals surface area contributed by atoms with Crippen LogP contribution < -0.4 is 4.72 Å². The highest BCUT2D eigenvalue weighted by Gasteiger charge is 2.22. The summed E-state index contributed by atoms with van der Waals surface area (Å²) in [5.41, 5.74) is 2.48. The van der Waals surface area contributed by atoms with Gasteiger partial charge in [0.05, 0.1) is 17.5 Å². The minimum Gasteiger partial charge on any atom is -0.452 e. The lowest BCUT2D eigenvalue weighted by molar-refractivity contribution is -0.135. The number of benzene rings is 2. The van der Waals surface area contributed by atoms with E-state index >= 15 is 0 Å². The highest BCUT2D eigenvalue weighted by atomic mass is 32.2. The molecule has 0 aromatic heterocycles. The average Bonchev–Trinajstić information content (AvgIpc) is 2.64. The maximum atomic E-state index is 12.4. The fourth-order valence-electron chi connectivity index (χ4n) is 2.95. The smallest absolute Gasteiger partial charge is 0.340 e. The van der Waals surface area contributed by atoms with Crippen LogP contribution in [0.25, 0.3) is 0 Å². The maximum Gasteiger partial charge on any atom is 0.340 e. The second-order valence-corrected chi connectivity index (χ2v) is 8.08. The van der Waals surface area contributed by atoms with Crippen molar-refractivity contribution in [2.45, 2.75) is 13.0 Å². The van der Waals surface area contributed by atoms with E-state index in [1.54, 1.807) is 17.0 Å². The van der Waals surface area contributed by atoms with Crippen LogP contribution in [-0.2, 0) is 32.5 Å². The Labute approximate surface area is 158 Å². The Morgan fingerprint density at radius 2 is 1.74 bits per heavy atom. The molecule has 0 atom stereocenters. The summed E-state index contributed by atoms with van der Waals surface area (Å²) < 4.78 is 30.2. The van der Waals surface area contributed by atoms with Crippen molar-refractivity contribution in [1.29, 1.82) is 0 Å². The molecule has 1 aliphatic heterocycles. The van der Waals surface area contributed by atoms with Crippen molar-refractivity contribution in [2.75, 3.05) is 24.1 Å². The molecule has 0 radical (unpaired) electrons. The molecule has 0 aliphatic carbocycles. The van der Waals surface area contributed by atoms with Gasteiger partial charge < -0.3 is 9.64 Å². The summed E-state index contributed by atoms with van der Waals surface area (Å²) in [5, 5.41) is 0. The Kier molecular flexibility index (Phi) is 5.46. The Hall–Kier alpha value is -2.87. The molecule has 1 amide bonds. The molecule has 1 N–H and O–H groups in total. The number of anilines is 1. The van der Waals surface area contributed by atoms with Crippen molar-refractivity contribution in [2.24, 2.45) is 0 Å². The third-order valence-electron chi connectivity index (χ3n) is 4.25. The number of hydrogen-bond acceptors (Lipinski definition) is 5. The van der Waals surface area contributed by atoms with E-state index in [0.717, 1.165) is 18.2 Å². The maximum absolute atomic E-state index is 12.4. The van der Waals surface area contributed by atoms with Gasteiger partial charge in [-0.1, -0.05) is 36.4 Å². The fourth-order valence-corrected chi connectivity index (χ4v) is 3.53. The summed E-state index contributed by atoms with van der Waals surface area (Å²) in [5.74, 6) is -1.04. The summed E-state index contributed by atoms with van der Waals surface area (Å²) in [6.07, 6.45) is 1.75. The normalized spacial score (nSPS) is 13.6. The Balaban J connectivity index is 1.62. The molecule has 2 aromatic carbocycles. The van der Waals surface area contributed by atoms with Crippen LogP contribution in [0.1, 0.15) is 21.5 Å². The molecule has 7 nitrogen and oxygen atoms in total. The molecule has 0 saturated heterocycles. The molecule has 2 aromatic rings. The second kappa shape index (κ2) is 7.79. The summed E-state index contributed by atoms with van der Waals surface area (Å²) in [7, 11) is -3.54. The average molecular weight is 388 g/mol. The van der Waals surface area contributed by atoms with Gasteiger partial charge in [-0.3, -0.25) is 9.52 Å². The fraction of sp³-hybridized carbons (Fsp3) is 0.263. The van der Waals surface area contributed by atoms with Gasteiger partial charge in [0.15, 0.2) is 6.61 Å². The van der Waals surface area contributed by atoms with Gasteiger partial charge in [-0.15, -0.1) is 0 Å². The molecule has 8 heteroatoms. The molecule has 27 heavy (non-hydrogen) atoms. The lowest BCUT2D eigenvalue weighted by atomic mass is 10.00. The molecule has 0 spiro atoms. The van der Waals surface area contributed by atoms with Crippen molar-refractivity contribution in [1.82, 2.24) is 4.90 Å². The van der Waals surface area contributed by atoms with Crippen molar-refractivity contribution >= 4 is 27.6 Å². The van der Waals surface area contributed by atoms with E-state index in [0.29, 0.717) is 13.1 Å². The molecule has 142 valence electrons. The zero-order chi connectivity index (χ0) is 19.4. The minimum atomic E-state index is -3.54. The quantitative estimate of drug-likeness (QED) is 0.789. The van der Waals surface area contributed by atoms with E-state index in [4.69, 9.17) is 4.74 Å². The number of carbonyl (C=O) groups excluding carboxylic acids is 2. The van der Waals surface area contributed by atoms with Gasteiger partial charge in [0.2, 0.25) is 10.0 Å². The van der Waals surface area contributed by atoms with Crippen LogP contribution in [0.2, 0.25) is 0 Å². The highest BCUT2D eigenvalue weighted by Crippen LogP contribution is 2.20. The van der Waals surface area contributed by atoms with E-state index in [2.05, 4.69) is 4.72 Å². The van der Waals surface area contributed by atoms with E-state index in [1.165, 1.54) is 17.7 Å². The number of nitrogens with one attached hydrogen (secondary N) is 1. The molecule has 1 heterocycles. The molecule has 0 bridgehead atoms. The van der Waals surface area contributed by atoms with Crippen LogP contribution in [0, 0.1) is 0 Å². The first-order chi connectivity index (χ1) is 12.8. The van der Waals surface area contributed by atoms with Crippen molar-refractivity contribution < 1.29 is 22.7 Å². The van der Waals surface area contributed by atoms with Gasteiger partial charge in [-0.05, 0) is 29.7 Å². The van der Waals surface area contributed by atoms with E-state index in [1.807, 2.05) is 24.3 Å². The van der Waals surface area contributed by atoms with Crippen LogP contribution in [0.3, 0.4) is 0 Å².